The third kappa shape index (κ3) is 1.15. The normalized spacial score (nSPS) is 23.4. The zero-order valence-corrected chi connectivity index (χ0v) is 8.14. The molecule has 1 aromatic rings. The summed E-state index contributed by atoms with van der Waals surface area (Å²) in [6.45, 7) is 0.842. The Morgan fingerprint density at radius 1 is 1.47 bits per heavy atom. The number of anilines is 1. The maximum atomic E-state index is 11.5. The molecule has 4 heteroatoms. The number of cyclic esters (lactones) is 1. The SMILES string of the molecule is O=C1OCc2cccc3c2N1CCC3O. The summed E-state index contributed by atoms with van der Waals surface area (Å²) < 4.78 is 5.04. The standard InChI is InChI=1S/C11H11NO3/c13-9-4-5-12-10-7(6-15-11(12)14)2-1-3-8(9)10/h1-3,9,13H,4-6H2. The van der Waals surface area contributed by atoms with E-state index < -0.39 is 6.10 Å². The molecule has 0 radical (unpaired) electrons. The molecule has 1 aromatic carbocycles. The summed E-state index contributed by atoms with van der Waals surface area (Å²) in [4.78, 5) is 13.1. The van der Waals surface area contributed by atoms with Crippen LogP contribution in [-0.2, 0) is 11.3 Å². The van der Waals surface area contributed by atoms with Gasteiger partial charge in [-0.05, 0) is 6.42 Å². The average Bonchev–Trinajstić information content (AvgIpc) is 2.26. The van der Waals surface area contributed by atoms with E-state index in [1.54, 1.807) is 4.90 Å². The number of nitrogens with zero attached hydrogens (tertiary/aromatic N) is 1. The van der Waals surface area contributed by atoms with Crippen molar-refractivity contribution in [2.75, 3.05) is 11.4 Å². The largest absolute Gasteiger partial charge is 0.444 e. The number of benzene rings is 1. The Kier molecular flexibility index (Phi) is 1.73. The van der Waals surface area contributed by atoms with Gasteiger partial charge in [-0.3, -0.25) is 4.90 Å². The van der Waals surface area contributed by atoms with Gasteiger partial charge in [-0.2, -0.15) is 0 Å². The first-order chi connectivity index (χ1) is 7.27. The summed E-state index contributed by atoms with van der Waals surface area (Å²) in [5, 5.41) is 9.83. The fraction of sp³-hybridized carbons (Fsp3) is 0.364. The Bertz CT molecular complexity index is 430. The second kappa shape index (κ2) is 2.97. The number of para-hydroxylation sites is 1. The van der Waals surface area contributed by atoms with Gasteiger partial charge in [0.2, 0.25) is 0 Å². The Hall–Kier alpha value is -1.55. The molecule has 0 aromatic heterocycles. The van der Waals surface area contributed by atoms with Crippen molar-refractivity contribution in [3.8, 4) is 0 Å². The van der Waals surface area contributed by atoms with Crippen LogP contribution in [0.5, 0.6) is 0 Å². The number of ether oxygens (including phenoxy) is 1. The predicted octanol–water partition coefficient (Wildman–Crippen LogP) is 1.58. The molecule has 1 unspecified atom stereocenters. The molecule has 2 aliphatic rings. The summed E-state index contributed by atoms with van der Waals surface area (Å²) in [6, 6.07) is 5.69. The Balaban J connectivity index is 2.22. The van der Waals surface area contributed by atoms with Crippen LogP contribution in [-0.4, -0.2) is 17.7 Å². The van der Waals surface area contributed by atoms with Gasteiger partial charge >= 0.3 is 6.09 Å². The van der Waals surface area contributed by atoms with Crippen molar-refractivity contribution in [3.05, 3.63) is 29.3 Å². The lowest BCUT2D eigenvalue weighted by Crippen LogP contribution is -2.40. The molecule has 0 saturated carbocycles. The van der Waals surface area contributed by atoms with Crippen molar-refractivity contribution in [1.29, 1.82) is 0 Å². The van der Waals surface area contributed by atoms with Crippen LogP contribution in [0, 0.1) is 0 Å². The summed E-state index contributed by atoms with van der Waals surface area (Å²) in [7, 11) is 0. The van der Waals surface area contributed by atoms with Crippen molar-refractivity contribution in [1.82, 2.24) is 0 Å². The second-order valence-electron chi connectivity index (χ2n) is 3.87. The Morgan fingerprint density at radius 3 is 3.20 bits per heavy atom. The lowest BCUT2D eigenvalue weighted by Gasteiger charge is -2.36. The van der Waals surface area contributed by atoms with E-state index in [0.29, 0.717) is 19.6 Å². The minimum Gasteiger partial charge on any atom is -0.444 e. The van der Waals surface area contributed by atoms with Crippen molar-refractivity contribution in [2.45, 2.75) is 19.1 Å². The van der Waals surface area contributed by atoms with Gasteiger partial charge in [-0.15, -0.1) is 0 Å². The van der Waals surface area contributed by atoms with Crippen LogP contribution in [0.1, 0.15) is 23.7 Å². The molecule has 0 saturated heterocycles. The van der Waals surface area contributed by atoms with Gasteiger partial charge in [0, 0.05) is 17.7 Å². The fourth-order valence-electron chi connectivity index (χ4n) is 2.24. The van der Waals surface area contributed by atoms with Crippen LogP contribution in [0.2, 0.25) is 0 Å². The molecule has 2 heterocycles. The van der Waals surface area contributed by atoms with Crippen molar-refractivity contribution in [2.24, 2.45) is 0 Å². The molecule has 78 valence electrons. The Morgan fingerprint density at radius 2 is 2.33 bits per heavy atom. The summed E-state index contributed by atoms with van der Waals surface area (Å²) in [5.41, 5.74) is 2.67. The molecule has 0 fully saturated rings. The number of aliphatic hydroxyl groups is 1. The minimum atomic E-state index is -0.456. The van der Waals surface area contributed by atoms with E-state index >= 15 is 0 Å². The Labute approximate surface area is 87.1 Å². The van der Waals surface area contributed by atoms with Gasteiger partial charge in [-0.1, -0.05) is 18.2 Å². The highest BCUT2D eigenvalue weighted by molar-refractivity contribution is 5.92. The van der Waals surface area contributed by atoms with Crippen LogP contribution in [0.25, 0.3) is 0 Å². The molecule has 0 bridgehead atoms. The molecule has 3 rings (SSSR count). The molecular formula is C11H11NO3. The monoisotopic (exact) mass is 205 g/mol. The number of rotatable bonds is 0. The van der Waals surface area contributed by atoms with E-state index in [-0.39, 0.29) is 6.09 Å². The molecule has 0 aliphatic carbocycles. The number of aliphatic hydroxyl groups excluding tert-OH is 1. The highest BCUT2D eigenvalue weighted by Gasteiger charge is 2.33. The molecular weight excluding hydrogens is 194 g/mol. The number of carbonyl (C=O) groups is 1. The number of amides is 1. The zero-order chi connectivity index (χ0) is 10.4. The van der Waals surface area contributed by atoms with Gasteiger partial charge in [0.1, 0.15) is 6.61 Å². The van der Waals surface area contributed by atoms with Crippen LogP contribution in [0.4, 0.5) is 10.5 Å². The first kappa shape index (κ1) is 8.73. The predicted molar refractivity (Wildman–Crippen MR) is 53.5 cm³/mol. The number of hydrogen-bond acceptors (Lipinski definition) is 3. The summed E-state index contributed by atoms with van der Waals surface area (Å²) in [6.07, 6.45) is -0.185. The van der Waals surface area contributed by atoms with Crippen molar-refractivity contribution in [3.63, 3.8) is 0 Å². The second-order valence-corrected chi connectivity index (χ2v) is 3.87. The van der Waals surface area contributed by atoms with Crippen molar-refractivity contribution >= 4 is 11.8 Å². The van der Waals surface area contributed by atoms with Gasteiger partial charge < -0.3 is 9.84 Å². The first-order valence-corrected chi connectivity index (χ1v) is 5.01. The smallest absolute Gasteiger partial charge is 0.414 e. The topological polar surface area (TPSA) is 49.8 Å². The van der Waals surface area contributed by atoms with Crippen LogP contribution < -0.4 is 4.90 Å². The minimum absolute atomic E-state index is 0.304. The lowest BCUT2D eigenvalue weighted by atomic mass is 9.95. The summed E-state index contributed by atoms with van der Waals surface area (Å²) in [5.74, 6) is 0. The quantitative estimate of drug-likeness (QED) is 0.699. The molecule has 15 heavy (non-hydrogen) atoms. The lowest BCUT2D eigenvalue weighted by molar-refractivity contribution is 0.129. The van der Waals surface area contributed by atoms with Crippen LogP contribution >= 0.6 is 0 Å². The highest BCUT2D eigenvalue weighted by atomic mass is 16.6. The third-order valence-electron chi connectivity index (χ3n) is 2.98. The van der Waals surface area contributed by atoms with Crippen LogP contribution in [0.15, 0.2) is 18.2 Å². The molecule has 1 atom stereocenters. The van der Waals surface area contributed by atoms with E-state index in [1.165, 1.54) is 0 Å². The molecule has 2 aliphatic heterocycles. The van der Waals surface area contributed by atoms with Gasteiger partial charge in [-0.25, -0.2) is 4.79 Å². The van der Waals surface area contributed by atoms with Crippen LogP contribution in [0.3, 0.4) is 0 Å². The zero-order valence-electron chi connectivity index (χ0n) is 8.14. The fourth-order valence-corrected chi connectivity index (χ4v) is 2.24. The average molecular weight is 205 g/mol. The molecule has 4 nitrogen and oxygen atoms in total. The maximum Gasteiger partial charge on any atom is 0.414 e. The van der Waals surface area contributed by atoms with E-state index in [4.69, 9.17) is 4.74 Å². The first-order valence-electron chi connectivity index (χ1n) is 5.01. The van der Waals surface area contributed by atoms with Gasteiger partial charge in [0.15, 0.2) is 0 Å². The number of hydrogen-bond donors (Lipinski definition) is 1. The number of carbonyl (C=O) groups excluding carboxylic acids is 1. The van der Waals surface area contributed by atoms with Crippen molar-refractivity contribution < 1.29 is 14.6 Å². The highest BCUT2D eigenvalue weighted by Crippen LogP contribution is 2.39. The van der Waals surface area contributed by atoms with E-state index in [1.807, 2.05) is 18.2 Å². The van der Waals surface area contributed by atoms with E-state index in [9.17, 15) is 9.90 Å². The summed E-state index contributed by atoms with van der Waals surface area (Å²) >= 11 is 0. The maximum absolute atomic E-state index is 11.5. The van der Waals surface area contributed by atoms with E-state index in [2.05, 4.69) is 0 Å². The van der Waals surface area contributed by atoms with Gasteiger partial charge in [0.25, 0.3) is 0 Å². The molecule has 0 spiro atoms. The molecule has 1 N–H and O–H groups in total. The van der Waals surface area contributed by atoms with Gasteiger partial charge in [0.05, 0.1) is 11.8 Å². The third-order valence-corrected chi connectivity index (χ3v) is 2.98. The molecule has 1 amide bonds. The van der Waals surface area contributed by atoms with E-state index in [0.717, 1.165) is 16.8 Å².